The van der Waals surface area contributed by atoms with Gasteiger partial charge in [0.15, 0.2) is 0 Å². The topological polar surface area (TPSA) is 58.0 Å². The Hall–Kier alpha value is -0.680. The summed E-state index contributed by atoms with van der Waals surface area (Å²) in [5.41, 5.74) is 0.0688. The zero-order valence-electron chi connectivity index (χ0n) is 11.4. The summed E-state index contributed by atoms with van der Waals surface area (Å²) in [4.78, 5) is 4.48. The molecule has 1 heterocycles. The molecular formula is C12H23N3OS. The van der Waals surface area contributed by atoms with E-state index >= 15 is 0 Å². The van der Waals surface area contributed by atoms with Crippen molar-refractivity contribution in [2.24, 2.45) is 5.41 Å². The number of hydrogen-bond acceptors (Lipinski definition) is 5. The molecule has 4 nitrogen and oxygen atoms in total. The number of aliphatic hydroxyl groups is 1. The third kappa shape index (κ3) is 4.60. The number of hydrogen-bond donors (Lipinski definition) is 2. The molecule has 2 N–H and O–H groups in total. The first kappa shape index (κ1) is 14.4. The minimum absolute atomic E-state index is 0.00293. The molecular weight excluding hydrogens is 234 g/mol. The Kier molecular flexibility index (Phi) is 4.49. The Morgan fingerprint density at radius 2 is 1.88 bits per heavy atom. The van der Waals surface area contributed by atoms with Gasteiger partial charge in [-0.1, -0.05) is 34.6 Å². The van der Waals surface area contributed by atoms with Crippen molar-refractivity contribution >= 4 is 16.7 Å². The van der Waals surface area contributed by atoms with Gasteiger partial charge in [-0.15, -0.1) is 0 Å². The van der Waals surface area contributed by atoms with Gasteiger partial charge in [-0.2, -0.15) is 4.37 Å². The van der Waals surface area contributed by atoms with Gasteiger partial charge in [-0.25, -0.2) is 4.98 Å². The normalized spacial score (nSPS) is 12.8. The Morgan fingerprint density at radius 3 is 2.35 bits per heavy atom. The standard InChI is InChI=1S/C12H23N3OS/c1-11(2,3)9-14-10(17-15-9)13-8-12(4,5)6-7-16/h16H,6-8H2,1-5H3,(H,13,14,15). The fourth-order valence-corrected chi connectivity index (χ4v) is 2.06. The summed E-state index contributed by atoms with van der Waals surface area (Å²) in [7, 11) is 0. The first-order chi connectivity index (χ1) is 7.74. The molecule has 0 saturated carbocycles. The lowest BCUT2D eigenvalue weighted by Crippen LogP contribution is -2.24. The van der Waals surface area contributed by atoms with Crippen LogP contribution < -0.4 is 5.32 Å². The molecule has 1 rings (SSSR count). The molecule has 0 atom stereocenters. The van der Waals surface area contributed by atoms with E-state index in [1.54, 1.807) is 0 Å². The lowest BCUT2D eigenvalue weighted by molar-refractivity contribution is 0.220. The van der Waals surface area contributed by atoms with Gasteiger partial charge in [-0.05, 0) is 11.8 Å². The number of anilines is 1. The SMILES string of the molecule is CC(C)(CCO)CNc1nc(C(C)(C)C)ns1. The van der Waals surface area contributed by atoms with Crippen LogP contribution in [0.15, 0.2) is 0 Å². The second-order valence-corrected chi connectivity index (χ2v) is 6.92. The summed E-state index contributed by atoms with van der Waals surface area (Å²) in [5, 5.41) is 13.1. The highest BCUT2D eigenvalue weighted by atomic mass is 32.1. The number of nitrogens with zero attached hydrogens (tertiary/aromatic N) is 2. The molecule has 0 aliphatic heterocycles. The monoisotopic (exact) mass is 257 g/mol. The molecule has 0 saturated heterocycles. The van der Waals surface area contributed by atoms with Crippen LogP contribution in [0.2, 0.25) is 0 Å². The van der Waals surface area contributed by atoms with E-state index in [1.807, 2.05) is 0 Å². The maximum absolute atomic E-state index is 8.96. The Morgan fingerprint density at radius 1 is 1.24 bits per heavy atom. The number of nitrogens with one attached hydrogen (secondary N) is 1. The summed E-state index contributed by atoms with van der Waals surface area (Å²) in [6, 6.07) is 0. The first-order valence-electron chi connectivity index (χ1n) is 5.93. The Balaban J connectivity index is 2.56. The van der Waals surface area contributed by atoms with Gasteiger partial charge < -0.3 is 10.4 Å². The average molecular weight is 257 g/mol. The van der Waals surface area contributed by atoms with Crippen molar-refractivity contribution in [1.29, 1.82) is 0 Å². The van der Waals surface area contributed by atoms with Crippen LogP contribution in [0.1, 0.15) is 46.9 Å². The van der Waals surface area contributed by atoms with E-state index in [-0.39, 0.29) is 17.4 Å². The van der Waals surface area contributed by atoms with E-state index in [0.717, 1.165) is 23.9 Å². The second kappa shape index (κ2) is 5.31. The van der Waals surface area contributed by atoms with Crippen molar-refractivity contribution < 1.29 is 5.11 Å². The third-order valence-corrected chi connectivity index (χ3v) is 3.28. The van der Waals surface area contributed by atoms with E-state index in [1.165, 1.54) is 11.5 Å². The van der Waals surface area contributed by atoms with Gasteiger partial charge in [0, 0.05) is 30.1 Å². The summed E-state index contributed by atoms with van der Waals surface area (Å²) >= 11 is 1.40. The minimum atomic E-state index is -0.00293. The van der Waals surface area contributed by atoms with Crippen LogP contribution in [0, 0.1) is 5.41 Å². The fourth-order valence-electron chi connectivity index (χ4n) is 1.31. The Labute approximate surface area is 108 Å². The highest BCUT2D eigenvalue weighted by Crippen LogP contribution is 2.25. The van der Waals surface area contributed by atoms with Crippen LogP contribution in [-0.2, 0) is 5.41 Å². The van der Waals surface area contributed by atoms with Crippen LogP contribution in [0.3, 0.4) is 0 Å². The second-order valence-electron chi connectivity index (χ2n) is 6.16. The van der Waals surface area contributed by atoms with Gasteiger partial charge in [0.25, 0.3) is 0 Å². The highest BCUT2D eigenvalue weighted by Gasteiger charge is 2.21. The molecule has 98 valence electrons. The average Bonchev–Trinajstić information content (AvgIpc) is 2.62. The molecule has 0 fully saturated rings. The van der Waals surface area contributed by atoms with Crippen LogP contribution in [0.4, 0.5) is 5.13 Å². The summed E-state index contributed by atoms with van der Waals surface area (Å²) in [6.07, 6.45) is 0.783. The van der Waals surface area contributed by atoms with Crippen LogP contribution in [0.25, 0.3) is 0 Å². The van der Waals surface area contributed by atoms with Crippen molar-refractivity contribution in [2.75, 3.05) is 18.5 Å². The zero-order chi connectivity index (χ0) is 13.1. The van der Waals surface area contributed by atoms with Crippen LogP contribution in [-0.4, -0.2) is 27.6 Å². The van der Waals surface area contributed by atoms with Crippen molar-refractivity contribution in [2.45, 2.75) is 46.5 Å². The Bertz CT molecular complexity index is 355. The molecule has 0 radical (unpaired) electrons. The van der Waals surface area contributed by atoms with Crippen molar-refractivity contribution in [3.8, 4) is 0 Å². The molecule has 5 heteroatoms. The van der Waals surface area contributed by atoms with Crippen LogP contribution in [0.5, 0.6) is 0 Å². The van der Waals surface area contributed by atoms with Gasteiger partial charge in [0.2, 0.25) is 5.13 Å². The van der Waals surface area contributed by atoms with E-state index in [0.29, 0.717) is 0 Å². The molecule has 0 unspecified atom stereocenters. The number of aliphatic hydroxyl groups excluding tert-OH is 1. The molecule has 17 heavy (non-hydrogen) atoms. The third-order valence-electron chi connectivity index (χ3n) is 2.60. The van der Waals surface area contributed by atoms with Gasteiger partial charge >= 0.3 is 0 Å². The van der Waals surface area contributed by atoms with Gasteiger partial charge in [0.1, 0.15) is 5.82 Å². The fraction of sp³-hybridized carbons (Fsp3) is 0.833. The molecule has 0 amide bonds. The van der Waals surface area contributed by atoms with Gasteiger partial charge in [0.05, 0.1) is 0 Å². The molecule has 0 spiro atoms. The molecule has 0 aliphatic carbocycles. The van der Waals surface area contributed by atoms with Crippen molar-refractivity contribution in [3.05, 3.63) is 5.82 Å². The lowest BCUT2D eigenvalue weighted by atomic mass is 9.90. The lowest BCUT2D eigenvalue weighted by Gasteiger charge is -2.23. The summed E-state index contributed by atoms with van der Waals surface area (Å²) < 4.78 is 4.35. The van der Waals surface area contributed by atoms with Crippen molar-refractivity contribution in [1.82, 2.24) is 9.36 Å². The number of rotatable bonds is 5. The molecule has 0 aliphatic rings. The zero-order valence-corrected chi connectivity index (χ0v) is 12.2. The summed E-state index contributed by atoms with van der Waals surface area (Å²) in [5.74, 6) is 0.880. The van der Waals surface area contributed by atoms with Crippen LogP contribution >= 0.6 is 11.5 Å². The predicted octanol–water partition coefficient (Wildman–Crippen LogP) is 2.66. The van der Waals surface area contributed by atoms with E-state index in [9.17, 15) is 0 Å². The molecule has 0 aromatic carbocycles. The smallest absolute Gasteiger partial charge is 0.202 e. The minimum Gasteiger partial charge on any atom is -0.396 e. The highest BCUT2D eigenvalue weighted by molar-refractivity contribution is 7.09. The maximum Gasteiger partial charge on any atom is 0.202 e. The van der Waals surface area contributed by atoms with E-state index in [2.05, 4.69) is 49.3 Å². The summed E-state index contributed by atoms with van der Waals surface area (Å²) in [6.45, 7) is 11.6. The quantitative estimate of drug-likeness (QED) is 0.851. The van der Waals surface area contributed by atoms with Crippen molar-refractivity contribution in [3.63, 3.8) is 0 Å². The molecule has 1 aromatic rings. The molecule has 0 bridgehead atoms. The largest absolute Gasteiger partial charge is 0.396 e. The van der Waals surface area contributed by atoms with E-state index in [4.69, 9.17) is 5.11 Å². The molecule has 1 aromatic heterocycles. The first-order valence-corrected chi connectivity index (χ1v) is 6.71. The number of aromatic nitrogens is 2. The van der Waals surface area contributed by atoms with Gasteiger partial charge in [-0.3, -0.25) is 0 Å². The van der Waals surface area contributed by atoms with E-state index < -0.39 is 0 Å². The maximum atomic E-state index is 8.96. The predicted molar refractivity (Wildman–Crippen MR) is 72.6 cm³/mol.